The molecule has 0 aliphatic heterocycles. The fourth-order valence-corrected chi connectivity index (χ4v) is 2.45. The quantitative estimate of drug-likeness (QED) is 0.898. The molecule has 0 saturated heterocycles. The van der Waals surface area contributed by atoms with Gasteiger partial charge in [-0.25, -0.2) is 13.8 Å². The van der Waals surface area contributed by atoms with Gasteiger partial charge in [0, 0.05) is 4.88 Å². The monoisotopic (exact) mass is 254 g/mol. The molecule has 0 radical (unpaired) electrons. The van der Waals surface area contributed by atoms with Crippen molar-refractivity contribution in [3.63, 3.8) is 0 Å². The van der Waals surface area contributed by atoms with Gasteiger partial charge in [0.25, 0.3) is 0 Å². The number of hydrogen-bond acceptors (Lipinski definition) is 3. The number of aryl methyl sites for hydroxylation is 1. The molecule has 0 bridgehead atoms. The zero-order valence-corrected chi connectivity index (χ0v) is 10.3. The van der Waals surface area contributed by atoms with Crippen molar-refractivity contribution in [2.45, 2.75) is 19.9 Å². The van der Waals surface area contributed by atoms with Gasteiger partial charge < -0.3 is 5.32 Å². The van der Waals surface area contributed by atoms with Crippen LogP contribution in [0.2, 0.25) is 0 Å². The van der Waals surface area contributed by atoms with E-state index in [1.54, 1.807) is 5.51 Å². The molecule has 0 saturated carbocycles. The molecular weight excluding hydrogens is 242 g/mol. The lowest BCUT2D eigenvalue weighted by Crippen LogP contribution is -2.09. The van der Waals surface area contributed by atoms with Crippen LogP contribution in [0.4, 0.5) is 14.5 Å². The summed E-state index contributed by atoms with van der Waals surface area (Å²) in [4.78, 5) is 5.09. The molecule has 2 aromatic rings. The lowest BCUT2D eigenvalue weighted by molar-refractivity contribution is 0.584. The van der Waals surface area contributed by atoms with E-state index in [2.05, 4.69) is 10.3 Å². The van der Waals surface area contributed by atoms with Crippen molar-refractivity contribution in [3.8, 4) is 0 Å². The second-order valence-electron chi connectivity index (χ2n) is 3.76. The maximum atomic E-state index is 13.4. The highest BCUT2D eigenvalue weighted by atomic mass is 32.1. The minimum Gasteiger partial charge on any atom is -0.373 e. The van der Waals surface area contributed by atoms with Crippen LogP contribution in [0, 0.1) is 18.6 Å². The second-order valence-corrected chi connectivity index (χ2v) is 4.65. The molecule has 0 aliphatic rings. The zero-order valence-electron chi connectivity index (χ0n) is 9.50. The largest absolute Gasteiger partial charge is 0.373 e. The van der Waals surface area contributed by atoms with Crippen molar-refractivity contribution in [2.24, 2.45) is 0 Å². The van der Waals surface area contributed by atoms with Gasteiger partial charge in [0.2, 0.25) is 0 Å². The molecule has 1 N–H and O–H groups in total. The number of halogens is 2. The first kappa shape index (κ1) is 12.0. The van der Waals surface area contributed by atoms with Crippen LogP contribution in [-0.2, 0) is 0 Å². The van der Waals surface area contributed by atoms with E-state index in [1.165, 1.54) is 29.5 Å². The van der Waals surface area contributed by atoms with Crippen molar-refractivity contribution < 1.29 is 8.78 Å². The average Bonchev–Trinajstić information content (AvgIpc) is 2.70. The summed E-state index contributed by atoms with van der Waals surface area (Å²) < 4.78 is 26.9. The smallest absolute Gasteiger partial charge is 0.149 e. The van der Waals surface area contributed by atoms with Crippen molar-refractivity contribution in [3.05, 3.63) is 45.9 Å². The van der Waals surface area contributed by atoms with Gasteiger partial charge in [-0.15, -0.1) is 11.3 Å². The maximum Gasteiger partial charge on any atom is 0.149 e. The molecule has 17 heavy (non-hydrogen) atoms. The highest BCUT2D eigenvalue weighted by Crippen LogP contribution is 2.27. The number of thiazole rings is 1. The first-order valence-electron chi connectivity index (χ1n) is 5.20. The molecule has 5 heteroatoms. The predicted molar refractivity (Wildman–Crippen MR) is 65.2 cm³/mol. The van der Waals surface area contributed by atoms with Gasteiger partial charge in [0.15, 0.2) is 0 Å². The summed E-state index contributed by atoms with van der Waals surface area (Å²) >= 11 is 1.47. The molecule has 1 aromatic heterocycles. The van der Waals surface area contributed by atoms with E-state index in [0.29, 0.717) is 0 Å². The summed E-state index contributed by atoms with van der Waals surface area (Å²) in [5.74, 6) is -1.17. The van der Waals surface area contributed by atoms with Gasteiger partial charge in [-0.3, -0.25) is 0 Å². The van der Waals surface area contributed by atoms with Crippen LogP contribution in [0.3, 0.4) is 0 Å². The van der Waals surface area contributed by atoms with E-state index in [-0.39, 0.29) is 11.7 Å². The molecule has 1 unspecified atom stereocenters. The van der Waals surface area contributed by atoms with Crippen LogP contribution in [0.25, 0.3) is 0 Å². The van der Waals surface area contributed by atoms with Gasteiger partial charge in [0.05, 0.1) is 17.2 Å². The highest BCUT2D eigenvalue weighted by molar-refractivity contribution is 7.09. The van der Waals surface area contributed by atoms with Crippen LogP contribution < -0.4 is 5.32 Å². The standard InChI is InChI=1S/C12H12F2N2S/c1-7-12(17-6-15-7)8(2)16-11-9(13)4-3-5-10(11)14/h3-6,8,16H,1-2H3. The van der Waals surface area contributed by atoms with E-state index in [0.717, 1.165) is 10.6 Å². The molecule has 0 aliphatic carbocycles. The summed E-state index contributed by atoms with van der Waals surface area (Å²) in [6.45, 7) is 3.73. The summed E-state index contributed by atoms with van der Waals surface area (Å²) in [5.41, 5.74) is 2.51. The first-order chi connectivity index (χ1) is 8.09. The number of nitrogens with zero attached hydrogens (tertiary/aromatic N) is 1. The Hall–Kier alpha value is -1.49. The number of para-hydroxylation sites is 1. The molecule has 2 rings (SSSR count). The summed E-state index contributed by atoms with van der Waals surface area (Å²) in [6.07, 6.45) is 0. The second kappa shape index (κ2) is 4.79. The Balaban J connectivity index is 2.25. The third-order valence-corrected chi connectivity index (χ3v) is 3.61. The van der Waals surface area contributed by atoms with E-state index in [4.69, 9.17) is 0 Å². The fourth-order valence-electron chi connectivity index (χ4n) is 1.64. The zero-order chi connectivity index (χ0) is 12.4. The third-order valence-electron chi connectivity index (χ3n) is 2.50. The van der Waals surface area contributed by atoms with E-state index in [1.807, 2.05) is 13.8 Å². The molecule has 90 valence electrons. The molecule has 1 aromatic carbocycles. The predicted octanol–water partition coefficient (Wildman–Crippen LogP) is 3.90. The molecule has 1 heterocycles. The van der Waals surface area contributed by atoms with Crippen molar-refractivity contribution in [1.82, 2.24) is 4.98 Å². The Labute approximate surface area is 102 Å². The van der Waals surface area contributed by atoms with E-state index in [9.17, 15) is 8.78 Å². The van der Waals surface area contributed by atoms with E-state index >= 15 is 0 Å². The Kier molecular flexibility index (Phi) is 3.38. The molecular formula is C12H12F2N2S. The van der Waals surface area contributed by atoms with Crippen molar-refractivity contribution in [2.75, 3.05) is 5.32 Å². The minimum absolute atomic E-state index is 0.0900. The average molecular weight is 254 g/mol. The Morgan fingerprint density at radius 2 is 1.94 bits per heavy atom. The lowest BCUT2D eigenvalue weighted by Gasteiger charge is -2.15. The van der Waals surface area contributed by atoms with Gasteiger partial charge >= 0.3 is 0 Å². The number of benzene rings is 1. The van der Waals surface area contributed by atoms with Crippen molar-refractivity contribution in [1.29, 1.82) is 0 Å². The maximum absolute atomic E-state index is 13.4. The summed E-state index contributed by atoms with van der Waals surface area (Å²) in [7, 11) is 0. The molecule has 0 fully saturated rings. The van der Waals surface area contributed by atoms with Gasteiger partial charge in [0.1, 0.15) is 17.3 Å². The minimum atomic E-state index is -0.584. The fraction of sp³-hybridized carbons (Fsp3) is 0.250. The highest BCUT2D eigenvalue weighted by Gasteiger charge is 2.15. The molecule has 2 nitrogen and oxygen atoms in total. The number of nitrogens with one attached hydrogen (secondary N) is 1. The first-order valence-corrected chi connectivity index (χ1v) is 6.08. The molecule has 0 amide bonds. The number of rotatable bonds is 3. The van der Waals surface area contributed by atoms with Gasteiger partial charge in [-0.1, -0.05) is 6.07 Å². The van der Waals surface area contributed by atoms with Crippen LogP contribution >= 0.6 is 11.3 Å². The third kappa shape index (κ3) is 2.44. The Morgan fingerprint density at radius 1 is 1.29 bits per heavy atom. The normalized spacial score (nSPS) is 12.5. The van der Waals surface area contributed by atoms with Crippen LogP contribution in [0.15, 0.2) is 23.7 Å². The summed E-state index contributed by atoms with van der Waals surface area (Å²) in [6, 6.07) is 3.64. The van der Waals surface area contributed by atoms with Crippen molar-refractivity contribution >= 4 is 17.0 Å². The van der Waals surface area contributed by atoms with Gasteiger partial charge in [-0.2, -0.15) is 0 Å². The molecule has 1 atom stereocenters. The van der Waals surface area contributed by atoms with Crippen LogP contribution in [0.1, 0.15) is 23.5 Å². The summed E-state index contributed by atoms with van der Waals surface area (Å²) in [5, 5.41) is 2.84. The van der Waals surface area contributed by atoms with E-state index < -0.39 is 11.6 Å². The number of hydrogen-bond donors (Lipinski definition) is 1. The number of aromatic nitrogens is 1. The van der Waals surface area contributed by atoms with Crippen LogP contribution in [0.5, 0.6) is 0 Å². The molecule has 0 spiro atoms. The van der Waals surface area contributed by atoms with Gasteiger partial charge in [-0.05, 0) is 26.0 Å². The van der Waals surface area contributed by atoms with Crippen LogP contribution in [-0.4, -0.2) is 4.98 Å². The Bertz CT molecular complexity index is 505. The topological polar surface area (TPSA) is 24.9 Å². The lowest BCUT2D eigenvalue weighted by atomic mass is 10.2. The SMILES string of the molecule is Cc1ncsc1C(C)Nc1c(F)cccc1F. The number of anilines is 1. The Morgan fingerprint density at radius 3 is 2.47 bits per heavy atom.